The predicted molar refractivity (Wildman–Crippen MR) is 131 cm³/mol. The lowest BCUT2D eigenvalue weighted by Crippen LogP contribution is -2.33. The van der Waals surface area contributed by atoms with Crippen molar-refractivity contribution < 1.29 is 19.1 Å². The number of amides is 3. The van der Waals surface area contributed by atoms with Crippen LogP contribution in [0.25, 0.3) is 0 Å². The van der Waals surface area contributed by atoms with Crippen LogP contribution in [0.2, 0.25) is 0 Å². The molecule has 2 aliphatic heterocycles. The topological polar surface area (TPSA) is 113 Å². The first-order valence-corrected chi connectivity index (χ1v) is 12.1. The Morgan fingerprint density at radius 3 is 2.79 bits per heavy atom. The molecule has 1 atom stereocenters. The zero-order valence-corrected chi connectivity index (χ0v) is 19.8. The average molecular weight is 482 g/mol. The number of likely N-dealkylation sites (tertiary alicyclic amines) is 1. The molecule has 0 bridgehead atoms. The molecule has 0 radical (unpaired) electrons. The molecule has 3 heterocycles. The van der Waals surface area contributed by atoms with Gasteiger partial charge < -0.3 is 20.3 Å². The smallest absolute Gasteiger partial charge is 0.262 e. The number of aromatic nitrogens is 1. The van der Waals surface area contributed by atoms with E-state index in [4.69, 9.17) is 4.74 Å². The summed E-state index contributed by atoms with van der Waals surface area (Å²) in [7, 11) is 1.53. The Balaban J connectivity index is 1.29. The number of carbonyl (C=O) groups excluding carboxylic acids is 3. The summed E-state index contributed by atoms with van der Waals surface area (Å²) in [6, 6.07) is 10.2. The van der Waals surface area contributed by atoms with Gasteiger partial charge in [0.05, 0.1) is 7.11 Å². The van der Waals surface area contributed by atoms with Crippen molar-refractivity contribution in [2.45, 2.75) is 37.5 Å². The van der Waals surface area contributed by atoms with Crippen LogP contribution in [0.4, 0.5) is 5.69 Å². The molecule has 0 saturated carbocycles. The average Bonchev–Trinajstić information content (AvgIpc) is 3.23. The molecule has 4 rings (SSSR count). The van der Waals surface area contributed by atoms with Gasteiger partial charge in [-0.25, -0.2) is 4.98 Å². The number of aliphatic imine (C=N–C) groups is 1. The predicted octanol–water partition coefficient (Wildman–Crippen LogP) is 2.83. The Bertz CT molecular complexity index is 1100. The fourth-order valence-electron chi connectivity index (χ4n) is 3.80. The van der Waals surface area contributed by atoms with Crippen molar-refractivity contribution in [1.82, 2.24) is 15.2 Å². The number of hydrogen-bond acceptors (Lipinski definition) is 7. The number of benzene rings is 1. The van der Waals surface area contributed by atoms with Gasteiger partial charge in [-0.15, -0.1) is 0 Å². The molecule has 3 amide bonds. The fraction of sp³-hybridized carbons (Fsp3) is 0.375. The summed E-state index contributed by atoms with van der Waals surface area (Å²) >= 11 is 1.37. The SMILES string of the molecule is COc1cc(CNC(=O)c2cccc(NC(=O)CC3SC(N4CCCCC4)=NC3=O)c2)ccn1. The van der Waals surface area contributed by atoms with E-state index in [-0.39, 0.29) is 24.1 Å². The first-order chi connectivity index (χ1) is 16.5. The van der Waals surface area contributed by atoms with Crippen LogP contribution in [0.1, 0.15) is 41.6 Å². The van der Waals surface area contributed by atoms with Gasteiger partial charge in [0.15, 0.2) is 5.17 Å². The molecule has 10 heteroatoms. The van der Waals surface area contributed by atoms with Gasteiger partial charge in [-0.3, -0.25) is 14.4 Å². The summed E-state index contributed by atoms with van der Waals surface area (Å²) in [4.78, 5) is 47.8. The summed E-state index contributed by atoms with van der Waals surface area (Å²) in [5.74, 6) is -0.347. The number of thioether (sulfide) groups is 1. The largest absolute Gasteiger partial charge is 0.481 e. The maximum absolute atomic E-state index is 12.6. The molecule has 178 valence electrons. The minimum atomic E-state index is -0.513. The third kappa shape index (κ3) is 6.13. The van der Waals surface area contributed by atoms with E-state index in [9.17, 15) is 14.4 Å². The summed E-state index contributed by atoms with van der Waals surface area (Å²) in [5, 5.41) is 5.86. The van der Waals surface area contributed by atoms with Crippen molar-refractivity contribution in [3.63, 3.8) is 0 Å². The third-order valence-electron chi connectivity index (χ3n) is 5.60. The number of amidine groups is 1. The highest BCUT2D eigenvalue weighted by molar-refractivity contribution is 8.15. The second kappa shape index (κ2) is 11.1. The number of anilines is 1. The summed E-state index contributed by atoms with van der Waals surface area (Å²) < 4.78 is 5.09. The van der Waals surface area contributed by atoms with Gasteiger partial charge in [0, 0.05) is 49.6 Å². The molecular weight excluding hydrogens is 454 g/mol. The monoisotopic (exact) mass is 481 g/mol. The number of rotatable bonds is 7. The highest BCUT2D eigenvalue weighted by Gasteiger charge is 2.33. The number of nitrogens with zero attached hydrogens (tertiary/aromatic N) is 3. The Kier molecular flexibility index (Phi) is 7.79. The molecule has 1 aromatic carbocycles. The van der Waals surface area contributed by atoms with Crippen molar-refractivity contribution in [1.29, 1.82) is 0 Å². The number of ether oxygens (including phenoxy) is 1. The Labute approximate surface area is 202 Å². The first kappa shape index (κ1) is 23.7. The van der Waals surface area contributed by atoms with Gasteiger partial charge in [-0.1, -0.05) is 17.8 Å². The molecule has 1 saturated heterocycles. The molecule has 0 aliphatic carbocycles. The second-order valence-electron chi connectivity index (χ2n) is 8.11. The van der Waals surface area contributed by atoms with E-state index >= 15 is 0 Å². The molecule has 1 fully saturated rings. The second-order valence-corrected chi connectivity index (χ2v) is 9.28. The zero-order chi connectivity index (χ0) is 23.9. The molecule has 9 nitrogen and oxygen atoms in total. The summed E-state index contributed by atoms with van der Waals surface area (Å²) in [5.41, 5.74) is 1.77. The van der Waals surface area contributed by atoms with E-state index in [1.807, 2.05) is 0 Å². The van der Waals surface area contributed by atoms with Crippen LogP contribution in [0, 0.1) is 0 Å². The van der Waals surface area contributed by atoms with Crippen molar-refractivity contribution in [3.8, 4) is 5.88 Å². The maximum atomic E-state index is 12.6. The van der Waals surface area contributed by atoms with Gasteiger partial charge >= 0.3 is 0 Å². The van der Waals surface area contributed by atoms with Crippen molar-refractivity contribution >= 4 is 40.3 Å². The first-order valence-electron chi connectivity index (χ1n) is 11.2. The van der Waals surface area contributed by atoms with Crippen LogP contribution in [0.3, 0.4) is 0 Å². The van der Waals surface area contributed by atoms with Crippen LogP contribution < -0.4 is 15.4 Å². The van der Waals surface area contributed by atoms with Crippen LogP contribution in [-0.4, -0.2) is 58.2 Å². The van der Waals surface area contributed by atoms with E-state index in [0.717, 1.165) is 36.7 Å². The van der Waals surface area contributed by atoms with Gasteiger partial charge in [0.1, 0.15) is 5.25 Å². The highest BCUT2D eigenvalue weighted by Crippen LogP contribution is 2.29. The van der Waals surface area contributed by atoms with Crippen molar-refractivity contribution in [2.75, 3.05) is 25.5 Å². The number of carbonyl (C=O) groups is 3. The molecule has 0 spiro atoms. The maximum Gasteiger partial charge on any atom is 0.262 e. The Morgan fingerprint density at radius 2 is 2.00 bits per heavy atom. The molecule has 2 N–H and O–H groups in total. The molecule has 2 aliphatic rings. The lowest BCUT2D eigenvalue weighted by atomic mass is 10.1. The van der Waals surface area contributed by atoms with Crippen LogP contribution >= 0.6 is 11.8 Å². The van der Waals surface area contributed by atoms with E-state index in [0.29, 0.717) is 23.7 Å². The summed E-state index contributed by atoms with van der Waals surface area (Å²) in [6.07, 6.45) is 5.04. The minimum absolute atomic E-state index is 0.0324. The van der Waals surface area contributed by atoms with Crippen LogP contribution in [0.5, 0.6) is 5.88 Å². The fourth-order valence-corrected chi connectivity index (χ4v) is 4.92. The quantitative estimate of drug-likeness (QED) is 0.625. The van der Waals surface area contributed by atoms with E-state index in [1.54, 1.807) is 42.6 Å². The van der Waals surface area contributed by atoms with Crippen molar-refractivity contribution in [2.24, 2.45) is 4.99 Å². The molecule has 34 heavy (non-hydrogen) atoms. The van der Waals surface area contributed by atoms with Gasteiger partial charge in [-0.05, 0) is 49.1 Å². The lowest BCUT2D eigenvalue weighted by molar-refractivity contribution is -0.121. The molecule has 1 unspecified atom stereocenters. The summed E-state index contributed by atoms with van der Waals surface area (Å²) in [6.45, 7) is 2.12. The number of pyridine rings is 1. The van der Waals surface area contributed by atoms with Crippen molar-refractivity contribution in [3.05, 3.63) is 53.7 Å². The van der Waals surface area contributed by atoms with E-state index in [2.05, 4.69) is 25.5 Å². The van der Waals surface area contributed by atoms with Crippen LogP contribution in [0.15, 0.2) is 47.6 Å². The molecule has 2 aromatic rings. The number of nitrogens with one attached hydrogen (secondary N) is 2. The number of piperidine rings is 1. The van der Waals surface area contributed by atoms with E-state index < -0.39 is 5.25 Å². The van der Waals surface area contributed by atoms with Gasteiger partial charge in [0.2, 0.25) is 11.8 Å². The third-order valence-corrected chi connectivity index (χ3v) is 6.81. The van der Waals surface area contributed by atoms with E-state index in [1.165, 1.54) is 25.3 Å². The number of methoxy groups -OCH3 is 1. The van der Waals surface area contributed by atoms with Crippen LogP contribution in [-0.2, 0) is 16.1 Å². The Morgan fingerprint density at radius 1 is 1.18 bits per heavy atom. The highest BCUT2D eigenvalue weighted by atomic mass is 32.2. The normalized spacial score (nSPS) is 17.8. The molecule has 1 aromatic heterocycles. The minimum Gasteiger partial charge on any atom is -0.481 e. The zero-order valence-electron chi connectivity index (χ0n) is 19.0. The van der Waals surface area contributed by atoms with Gasteiger partial charge in [0.25, 0.3) is 11.8 Å². The molecular formula is C24H27N5O4S. The number of hydrogen-bond donors (Lipinski definition) is 2. The Hall–Kier alpha value is -3.40. The lowest BCUT2D eigenvalue weighted by Gasteiger charge is -2.27. The van der Waals surface area contributed by atoms with Gasteiger partial charge in [-0.2, -0.15) is 4.99 Å². The standard InChI is InChI=1S/C24H27N5O4S/c1-33-21-12-16(8-9-25-21)15-26-22(31)17-6-5-7-18(13-17)27-20(30)14-19-23(32)28-24(34-19)29-10-3-2-4-11-29/h5-9,12-13,19H,2-4,10-11,14-15H2,1H3,(H,26,31)(H,27,30).